The van der Waals surface area contributed by atoms with Crippen LogP contribution in [-0.2, 0) is 13.5 Å². The van der Waals surface area contributed by atoms with E-state index in [1.54, 1.807) is 31.3 Å². The van der Waals surface area contributed by atoms with Gasteiger partial charge in [-0.3, -0.25) is 9.48 Å². The number of aromatic nitrogens is 2. The highest BCUT2D eigenvalue weighted by molar-refractivity contribution is 6.35. The molecule has 1 aromatic carbocycles. The summed E-state index contributed by atoms with van der Waals surface area (Å²) in [6.45, 7) is 1.95. The largest absolute Gasteiger partial charge is 0.287 e. The molecule has 1 heterocycles. The van der Waals surface area contributed by atoms with Crippen molar-refractivity contribution in [1.29, 1.82) is 0 Å². The predicted octanol–water partition coefficient (Wildman–Crippen LogP) is 3.52. The van der Waals surface area contributed by atoms with Gasteiger partial charge < -0.3 is 0 Å². The van der Waals surface area contributed by atoms with E-state index >= 15 is 0 Å². The summed E-state index contributed by atoms with van der Waals surface area (Å²) >= 11 is 12.0. The first kappa shape index (κ1) is 13.1. The summed E-state index contributed by atoms with van der Waals surface area (Å²) in [5, 5.41) is 5.26. The predicted molar refractivity (Wildman–Crippen MR) is 72.5 cm³/mol. The fourth-order valence-electron chi connectivity index (χ4n) is 1.76. The van der Waals surface area contributed by atoms with Crippen LogP contribution < -0.4 is 0 Å². The van der Waals surface area contributed by atoms with Gasteiger partial charge in [-0.15, -0.1) is 0 Å². The van der Waals surface area contributed by atoms with E-state index in [0.29, 0.717) is 27.7 Å². The van der Waals surface area contributed by atoms with E-state index < -0.39 is 0 Å². The standard InChI is InChI=1S/C13H12Cl2N2O/c1-3-10-11(15)12(17(2)16-10)13(18)8-4-6-9(14)7-5-8/h4-7H,3H2,1-2H3. The number of carbonyl (C=O) groups excluding carboxylic acids is 1. The zero-order chi connectivity index (χ0) is 13.3. The summed E-state index contributed by atoms with van der Waals surface area (Å²) in [5.41, 5.74) is 1.69. The van der Waals surface area contributed by atoms with Crippen LogP contribution in [0.25, 0.3) is 0 Å². The van der Waals surface area contributed by atoms with Gasteiger partial charge in [-0.05, 0) is 30.7 Å². The molecular formula is C13H12Cl2N2O. The van der Waals surface area contributed by atoms with Crippen molar-refractivity contribution < 1.29 is 4.79 Å². The van der Waals surface area contributed by atoms with Crippen molar-refractivity contribution in [3.05, 3.63) is 51.3 Å². The normalized spacial score (nSPS) is 10.7. The minimum Gasteiger partial charge on any atom is -0.287 e. The van der Waals surface area contributed by atoms with Crippen LogP contribution in [0.4, 0.5) is 0 Å². The van der Waals surface area contributed by atoms with Gasteiger partial charge in [0.1, 0.15) is 5.69 Å². The van der Waals surface area contributed by atoms with Crippen LogP contribution in [0.5, 0.6) is 0 Å². The average Bonchev–Trinajstić information content (AvgIpc) is 2.64. The topological polar surface area (TPSA) is 34.9 Å². The molecule has 0 amide bonds. The molecule has 0 saturated carbocycles. The van der Waals surface area contributed by atoms with E-state index in [1.165, 1.54) is 4.68 Å². The van der Waals surface area contributed by atoms with E-state index in [1.807, 2.05) is 6.92 Å². The maximum Gasteiger partial charge on any atom is 0.212 e. The molecule has 0 unspecified atom stereocenters. The molecule has 5 heteroatoms. The Labute approximate surface area is 115 Å². The van der Waals surface area contributed by atoms with Crippen LogP contribution in [-0.4, -0.2) is 15.6 Å². The summed E-state index contributed by atoms with van der Waals surface area (Å²) in [4.78, 5) is 12.3. The average molecular weight is 283 g/mol. The summed E-state index contributed by atoms with van der Waals surface area (Å²) in [7, 11) is 1.72. The molecule has 3 nitrogen and oxygen atoms in total. The number of halogens is 2. The van der Waals surface area contributed by atoms with Crippen molar-refractivity contribution in [3.63, 3.8) is 0 Å². The van der Waals surface area contributed by atoms with Crippen LogP contribution in [0.3, 0.4) is 0 Å². The summed E-state index contributed by atoms with van der Waals surface area (Å²) in [6, 6.07) is 6.72. The second kappa shape index (κ2) is 5.12. The molecule has 0 aliphatic heterocycles. The molecule has 0 saturated heterocycles. The van der Waals surface area contributed by atoms with E-state index in [2.05, 4.69) is 5.10 Å². The van der Waals surface area contributed by atoms with E-state index in [0.717, 1.165) is 5.69 Å². The van der Waals surface area contributed by atoms with Crippen molar-refractivity contribution in [2.24, 2.45) is 7.05 Å². The van der Waals surface area contributed by atoms with Crippen molar-refractivity contribution >= 4 is 29.0 Å². The molecule has 0 radical (unpaired) electrons. The molecule has 0 bridgehead atoms. The fraction of sp³-hybridized carbons (Fsp3) is 0.231. The van der Waals surface area contributed by atoms with Crippen LogP contribution >= 0.6 is 23.2 Å². The van der Waals surface area contributed by atoms with Gasteiger partial charge >= 0.3 is 0 Å². The SMILES string of the molecule is CCc1nn(C)c(C(=O)c2ccc(Cl)cc2)c1Cl. The monoisotopic (exact) mass is 282 g/mol. The first-order valence-corrected chi connectivity index (χ1v) is 6.31. The van der Waals surface area contributed by atoms with Crippen molar-refractivity contribution in [2.75, 3.05) is 0 Å². The Bertz CT molecular complexity index is 588. The lowest BCUT2D eigenvalue weighted by molar-refractivity contribution is 0.103. The molecular weight excluding hydrogens is 271 g/mol. The zero-order valence-corrected chi connectivity index (χ0v) is 11.6. The van der Waals surface area contributed by atoms with Gasteiger partial charge in [0.2, 0.25) is 5.78 Å². The molecule has 0 fully saturated rings. The smallest absolute Gasteiger partial charge is 0.212 e. The van der Waals surface area contributed by atoms with Gasteiger partial charge in [-0.2, -0.15) is 5.10 Å². The third kappa shape index (κ3) is 2.28. The first-order valence-electron chi connectivity index (χ1n) is 5.56. The maximum absolute atomic E-state index is 12.3. The third-order valence-corrected chi connectivity index (χ3v) is 3.36. The number of nitrogens with zero attached hydrogens (tertiary/aromatic N) is 2. The van der Waals surface area contributed by atoms with Crippen LogP contribution in [0.1, 0.15) is 28.7 Å². The van der Waals surface area contributed by atoms with E-state index in [9.17, 15) is 4.79 Å². The lowest BCUT2D eigenvalue weighted by Gasteiger charge is -2.02. The Kier molecular flexibility index (Phi) is 3.73. The van der Waals surface area contributed by atoms with Crippen molar-refractivity contribution in [3.8, 4) is 0 Å². The first-order chi connectivity index (χ1) is 8.54. The van der Waals surface area contributed by atoms with Gasteiger partial charge in [0.25, 0.3) is 0 Å². The lowest BCUT2D eigenvalue weighted by Crippen LogP contribution is -2.08. The molecule has 18 heavy (non-hydrogen) atoms. The quantitative estimate of drug-likeness (QED) is 0.808. The molecule has 0 aliphatic carbocycles. The van der Waals surface area contributed by atoms with Gasteiger partial charge in [0.15, 0.2) is 0 Å². The lowest BCUT2D eigenvalue weighted by atomic mass is 10.1. The van der Waals surface area contributed by atoms with Crippen LogP contribution in [0.2, 0.25) is 10.0 Å². The minimum absolute atomic E-state index is 0.147. The number of aryl methyl sites for hydroxylation is 2. The van der Waals surface area contributed by atoms with Gasteiger partial charge in [-0.25, -0.2) is 0 Å². The highest BCUT2D eigenvalue weighted by atomic mass is 35.5. The number of rotatable bonds is 3. The molecule has 2 aromatic rings. The molecule has 2 rings (SSSR count). The number of hydrogen-bond acceptors (Lipinski definition) is 2. The van der Waals surface area contributed by atoms with Gasteiger partial charge in [0.05, 0.1) is 10.7 Å². The van der Waals surface area contributed by atoms with Crippen molar-refractivity contribution in [2.45, 2.75) is 13.3 Å². The van der Waals surface area contributed by atoms with Crippen molar-refractivity contribution in [1.82, 2.24) is 9.78 Å². The Hall–Kier alpha value is -1.32. The molecule has 1 aromatic heterocycles. The molecule has 0 aliphatic rings. The fourth-order valence-corrected chi connectivity index (χ4v) is 2.27. The highest BCUT2D eigenvalue weighted by Gasteiger charge is 2.20. The molecule has 94 valence electrons. The second-order valence-electron chi connectivity index (χ2n) is 3.92. The maximum atomic E-state index is 12.3. The third-order valence-electron chi connectivity index (χ3n) is 2.71. The van der Waals surface area contributed by atoms with Crippen LogP contribution in [0, 0.1) is 0 Å². The molecule has 0 N–H and O–H groups in total. The Morgan fingerprint density at radius 2 is 1.89 bits per heavy atom. The Morgan fingerprint density at radius 1 is 1.28 bits per heavy atom. The zero-order valence-electron chi connectivity index (χ0n) is 10.1. The minimum atomic E-state index is -0.147. The summed E-state index contributed by atoms with van der Waals surface area (Å²) in [5.74, 6) is -0.147. The van der Waals surface area contributed by atoms with E-state index in [-0.39, 0.29) is 5.78 Å². The summed E-state index contributed by atoms with van der Waals surface area (Å²) < 4.78 is 1.53. The number of carbonyl (C=O) groups is 1. The van der Waals surface area contributed by atoms with E-state index in [4.69, 9.17) is 23.2 Å². The van der Waals surface area contributed by atoms with Crippen LogP contribution in [0.15, 0.2) is 24.3 Å². The van der Waals surface area contributed by atoms with Gasteiger partial charge in [-0.1, -0.05) is 30.1 Å². The Morgan fingerprint density at radius 3 is 2.39 bits per heavy atom. The molecule has 0 atom stereocenters. The molecule has 0 spiro atoms. The van der Waals surface area contributed by atoms with Gasteiger partial charge in [0, 0.05) is 17.6 Å². The second-order valence-corrected chi connectivity index (χ2v) is 4.74. The number of benzene rings is 1. The number of ketones is 1. The highest BCUT2D eigenvalue weighted by Crippen LogP contribution is 2.24. The number of hydrogen-bond donors (Lipinski definition) is 0. The summed E-state index contributed by atoms with van der Waals surface area (Å²) in [6.07, 6.45) is 0.695. The Balaban J connectivity index is 2.46.